The first kappa shape index (κ1) is 13.3. The SMILES string of the molecule is Cc1c(N)cccc1NC(=O)C(F)(F)C(F)F. The van der Waals surface area contributed by atoms with Gasteiger partial charge in [0, 0.05) is 11.4 Å². The fraction of sp³-hybridized carbons (Fsp3) is 0.300. The number of amides is 1. The molecule has 0 spiro atoms. The molecule has 0 aliphatic carbocycles. The molecule has 0 fully saturated rings. The maximum atomic E-state index is 12.7. The lowest BCUT2D eigenvalue weighted by Gasteiger charge is -2.16. The first-order valence-electron chi connectivity index (χ1n) is 4.59. The van der Waals surface area contributed by atoms with E-state index in [2.05, 4.69) is 0 Å². The number of alkyl halides is 4. The van der Waals surface area contributed by atoms with Crippen LogP contribution in [-0.2, 0) is 4.79 Å². The highest BCUT2D eigenvalue weighted by molar-refractivity contribution is 5.97. The molecule has 0 bridgehead atoms. The van der Waals surface area contributed by atoms with E-state index in [9.17, 15) is 22.4 Å². The molecule has 1 aromatic rings. The summed E-state index contributed by atoms with van der Waals surface area (Å²) < 4.78 is 49.1. The van der Waals surface area contributed by atoms with Crippen LogP contribution in [0.4, 0.5) is 28.9 Å². The standard InChI is InChI=1S/C10H10F4N2O/c1-5-6(15)3-2-4-7(5)16-9(17)10(13,14)8(11)12/h2-4,8H,15H2,1H3,(H,16,17). The Hall–Kier alpha value is -1.79. The highest BCUT2D eigenvalue weighted by atomic mass is 19.3. The molecule has 0 aliphatic heterocycles. The number of anilines is 2. The summed E-state index contributed by atoms with van der Waals surface area (Å²) in [5, 5.41) is 1.72. The quantitative estimate of drug-likeness (QED) is 0.639. The van der Waals surface area contributed by atoms with Gasteiger partial charge in [0.05, 0.1) is 0 Å². The number of halogens is 4. The third-order valence-electron chi connectivity index (χ3n) is 2.20. The van der Waals surface area contributed by atoms with Crippen LogP contribution < -0.4 is 11.1 Å². The Morgan fingerprint density at radius 3 is 2.53 bits per heavy atom. The van der Waals surface area contributed by atoms with Crippen LogP contribution in [0.1, 0.15) is 5.56 Å². The predicted octanol–water partition coefficient (Wildman–Crippen LogP) is 2.42. The van der Waals surface area contributed by atoms with Crippen molar-refractivity contribution in [3.63, 3.8) is 0 Å². The van der Waals surface area contributed by atoms with Crippen LogP contribution in [0.2, 0.25) is 0 Å². The Labute approximate surface area is 94.6 Å². The van der Waals surface area contributed by atoms with E-state index < -0.39 is 18.3 Å². The number of nitrogen functional groups attached to an aromatic ring is 1. The molecule has 1 amide bonds. The van der Waals surface area contributed by atoms with Crippen LogP contribution in [-0.4, -0.2) is 18.3 Å². The van der Waals surface area contributed by atoms with E-state index in [4.69, 9.17) is 5.73 Å². The molecule has 0 heterocycles. The first-order valence-corrected chi connectivity index (χ1v) is 4.59. The van der Waals surface area contributed by atoms with Gasteiger partial charge < -0.3 is 11.1 Å². The lowest BCUT2D eigenvalue weighted by atomic mass is 10.1. The number of rotatable bonds is 3. The van der Waals surface area contributed by atoms with Gasteiger partial charge in [-0.15, -0.1) is 0 Å². The molecule has 1 rings (SSSR count). The zero-order valence-electron chi connectivity index (χ0n) is 8.81. The van der Waals surface area contributed by atoms with E-state index in [1.807, 2.05) is 0 Å². The molecule has 0 aromatic heterocycles. The molecule has 94 valence electrons. The summed E-state index contributed by atoms with van der Waals surface area (Å²) >= 11 is 0. The Bertz CT molecular complexity index is 434. The zero-order chi connectivity index (χ0) is 13.2. The Kier molecular flexibility index (Phi) is 3.59. The van der Waals surface area contributed by atoms with Crippen molar-refractivity contribution < 1.29 is 22.4 Å². The Morgan fingerprint density at radius 1 is 1.41 bits per heavy atom. The van der Waals surface area contributed by atoms with Crippen molar-refractivity contribution >= 4 is 17.3 Å². The molecule has 0 saturated carbocycles. The van der Waals surface area contributed by atoms with Gasteiger partial charge in [-0.2, -0.15) is 8.78 Å². The van der Waals surface area contributed by atoms with Crippen LogP contribution in [0.15, 0.2) is 18.2 Å². The van der Waals surface area contributed by atoms with Crippen molar-refractivity contribution in [3.8, 4) is 0 Å². The average molecular weight is 250 g/mol. The third-order valence-corrected chi connectivity index (χ3v) is 2.20. The van der Waals surface area contributed by atoms with Crippen molar-refractivity contribution in [2.24, 2.45) is 0 Å². The van der Waals surface area contributed by atoms with E-state index in [-0.39, 0.29) is 11.4 Å². The summed E-state index contributed by atoms with van der Waals surface area (Å²) in [6.45, 7) is 1.48. The summed E-state index contributed by atoms with van der Waals surface area (Å²) in [5.41, 5.74) is 6.07. The Morgan fingerprint density at radius 2 is 2.00 bits per heavy atom. The molecular weight excluding hydrogens is 240 g/mol. The monoisotopic (exact) mass is 250 g/mol. The van der Waals surface area contributed by atoms with Gasteiger partial charge >= 0.3 is 18.3 Å². The molecule has 0 radical (unpaired) electrons. The van der Waals surface area contributed by atoms with Crippen LogP contribution in [0.5, 0.6) is 0 Å². The number of hydrogen-bond acceptors (Lipinski definition) is 2. The number of carbonyl (C=O) groups is 1. The van der Waals surface area contributed by atoms with E-state index in [0.29, 0.717) is 5.56 Å². The van der Waals surface area contributed by atoms with Crippen LogP contribution in [0.3, 0.4) is 0 Å². The zero-order valence-corrected chi connectivity index (χ0v) is 8.81. The highest BCUT2D eigenvalue weighted by Gasteiger charge is 2.49. The van der Waals surface area contributed by atoms with Crippen molar-refractivity contribution in [3.05, 3.63) is 23.8 Å². The topological polar surface area (TPSA) is 55.1 Å². The normalized spacial score (nSPS) is 11.6. The van der Waals surface area contributed by atoms with Gasteiger partial charge in [0.2, 0.25) is 0 Å². The lowest BCUT2D eigenvalue weighted by molar-refractivity contribution is -0.163. The fourth-order valence-corrected chi connectivity index (χ4v) is 1.09. The number of hydrogen-bond donors (Lipinski definition) is 2. The van der Waals surface area contributed by atoms with Gasteiger partial charge in [-0.25, -0.2) is 8.78 Å². The van der Waals surface area contributed by atoms with Crippen molar-refractivity contribution in [1.82, 2.24) is 0 Å². The molecule has 0 unspecified atom stereocenters. The minimum absolute atomic E-state index is 0.0182. The van der Waals surface area contributed by atoms with E-state index in [1.165, 1.54) is 25.1 Å². The largest absolute Gasteiger partial charge is 0.398 e. The first-order chi connectivity index (χ1) is 7.76. The third kappa shape index (κ3) is 2.66. The molecule has 3 N–H and O–H groups in total. The van der Waals surface area contributed by atoms with Gasteiger partial charge in [-0.05, 0) is 24.6 Å². The van der Waals surface area contributed by atoms with E-state index in [0.717, 1.165) is 0 Å². The van der Waals surface area contributed by atoms with E-state index in [1.54, 1.807) is 5.32 Å². The molecule has 7 heteroatoms. The van der Waals surface area contributed by atoms with Crippen LogP contribution >= 0.6 is 0 Å². The maximum Gasteiger partial charge on any atom is 0.383 e. The average Bonchev–Trinajstić information content (AvgIpc) is 2.24. The van der Waals surface area contributed by atoms with Gasteiger partial charge in [0.25, 0.3) is 0 Å². The van der Waals surface area contributed by atoms with Crippen molar-refractivity contribution in [2.45, 2.75) is 19.3 Å². The number of nitrogens with one attached hydrogen (secondary N) is 1. The summed E-state index contributed by atoms with van der Waals surface area (Å²) in [4.78, 5) is 11.0. The number of carbonyl (C=O) groups excluding carboxylic acids is 1. The van der Waals surface area contributed by atoms with Crippen LogP contribution in [0.25, 0.3) is 0 Å². The second-order valence-electron chi connectivity index (χ2n) is 3.40. The molecular formula is C10H10F4N2O. The minimum atomic E-state index is -4.73. The fourth-order valence-electron chi connectivity index (χ4n) is 1.09. The summed E-state index contributed by atoms with van der Waals surface area (Å²) in [6.07, 6.45) is -4.05. The second kappa shape index (κ2) is 4.60. The predicted molar refractivity (Wildman–Crippen MR) is 55.2 cm³/mol. The minimum Gasteiger partial charge on any atom is -0.398 e. The van der Waals surface area contributed by atoms with Gasteiger partial charge in [0.15, 0.2) is 0 Å². The summed E-state index contributed by atoms with van der Waals surface area (Å²) in [6, 6.07) is 4.21. The highest BCUT2D eigenvalue weighted by Crippen LogP contribution is 2.27. The van der Waals surface area contributed by atoms with E-state index >= 15 is 0 Å². The molecule has 17 heavy (non-hydrogen) atoms. The van der Waals surface area contributed by atoms with Gasteiger partial charge in [-0.1, -0.05) is 6.07 Å². The molecule has 3 nitrogen and oxygen atoms in total. The molecule has 1 aromatic carbocycles. The second-order valence-corrected chi connectivity index (χ2v) is 3.40. The smallest absolute Gasteiger partial charge is 0.383 e. The summed E-state index contributed by atoms with van der Waals surface area (Å²) in [7, 11) is 0. The summed E-state index contributed by atoms with van der Waals surface area (Å²) in [5.74, 6) is -6.78. The van der Waals surface area contributed by atoms with Gasteiger partial charge in [-0.3, -0.25) is 4.79 Å². The lowest BCUT2D eigenvalue weighted by Crippen LogP contribution is -2.41. The number of benzene rings is 1. The molecule has 0 aliphatic rings. The molecule has 0 saturated heterocycles. The van der Waals surface area contributed by atoms with Gasteiger partial charge in [0.1, 0.15) is 0 Å². The van der Waals surface area contributed by atoms with Crippen molar-refractivity contribution in [2.75, 3.05) is 11.1 Å². The maximum absolute atomic E-state index is 12.7. The van der Waals surface area contributed by atoms with Crippen molar-refractivity contribution in [1.29, 1.82) is 0 Å². The number of nitrogens with two attached hydrogens (primary N) is 1. The Balaban J connectivity index is 2.93. The van der Waals surface area contributed by atoms with Crippen LogP contribution in [0, 0.1) is 6.92 Å². The molecule has 0 atom stereocenters.